The van der Waals surface area contributed by atoms with E-state index in [2.05, 4.69) is 11.0 Å². The average Bonchev–Trinajstić information content (AvgIpc) is 2.41. The van der Waals surface area contributed by atoms with E-state index >= 15 is 0 Å². The summed E-state index contributed by atoms with van der Waals surface area (Å²) in [6.07, 6.45) is 0. The molecule has 0 amide bonds. The monoisotopic (exact) mass is 341 g/mol. The number of carboxylic acid groups (broad SMARTS) is 1. The highest BCUT2D eigenvalue weighted by atomic mass is 35.5. The largest absolute Gasteiger partial charge is 0.478 e. The molecule has 2 aromatic rings. The summed E-state index contributed by atoms with van der Waals surface area (Å²) >= 11 is 1.50. The van der Waals surface area contributed by atoms with E-state index in [0.717, 1.165) is 16.3 Å². The molecule has 0 radical (unpaired) electrons. The van der Waals surface area contributed by atoms with Gasteiger partial charge < -0.3 is 15.5 Å². The van der Waals surface area contributed by atoms with Gasteiger partial charge in [-0.1, -0.05) is 42.1 Å². The molecule has 4 nitrogen and oxygen atoms in total. The van der Waals surface area contributed by atoms with Crippen LogP contribution in [0.5, 0.6) is 0 Å². The Morgan fingerprint density at radius 3 is 2.18 bits per heavy atom. The van der Waals surface area contributed by atoms with E-state index in [9.17, 15) is 9.90 Å². The molecule has 0 saturated heterocycles. The Morgan fingerprint density at radius 2 is 1.59 bits per heavy atom. The molecule has 0 aliphatic heterocycles. The second kappa shape index (κ2) is 9.48. The molecule has 2 rings (SSSR count). The molecule has 0 fully saturated rings. The Hall–Kier alpha value is -1.53. The first-order valence-corrected chi connectivity index (χ1v) is 7.12. The summed E-state index contributed by atoms with van der Waals surface area (Å²) in [5, 5.41) is 9.24. The number of hydrogen-bond acceptors (Lipinski definition) is 3. The van der Waals surface area contributed by atoms with Gasteiger partial charge in [0.2, 0.25) is 0 Å². The lowest BCUT2D eigenvalue weighted by atomic mass is 10.2. The van der Waals surface area contributed by atoms with Gasteiger partial charge in [-0.05, 0) is 37.9 Å². The smallest absolute Gasteiger partial charge is 0.336 e. The number of carboxylic acids is 1. The lowest BCUT2D eigenvalue weighted by Crippen LogP contribution is -2.11. The van der Waals surface area contributed by atoms with Crippen LogP contribution >= 0.6 is 24.2 Å². The Morgan fingerprint density at radius 1 is 1.05 bits per heavy atom. The van der Waals surface area contributed by atoms with Gasteiger partial charge in [-0.15, -0.1) is 12.4 Å². The Labute approximate surface area is 140 Å². The van der Waals surface area contributed by atoms with E-state index in [1.165, 1.54) is 17.3 Å². The topological polar surface area (TPSA) is 72.0 Å². The summed E-state index contributed by atoms with van der Waals surface area (Å²) in [7, 11) is 4.04. The van der Waals surface area contributed by atoms with E-state index in [1.54, 1.807) is 12.1 Å². The predicted molar refractivity (Wildman–Crippen MR) is 92.2 cm³/mol. The molecule has 0 bridgehead atoms. The molecule has 0 aliphatic rings. The summed E-state index contributed by atoms with van der Waals surface area (Å²) in [4.78, 5) is 15.2. The average molecular weight is 342 g/mol. The van der Waals surface area contributed by atoms with Crippen molar-refractivity contribution in [3.05, 3.63) is 59.7 Å². The van der Waals surface area contributed by atoms with Crippen LogP contribution in [0.4, 0.5) is 0 Å². The zero-order valence-corrected chi connectivity index (χ0v) is 14.1. The Kier molecular flexibility index (Phi) is 8.82. The van der Waals surface area contributed by atoms with Crippen molar-refractivity contribution in [1.82, 2.24) is 4.90 Å². The lowest BCUT2D eigenvalue weighted by molar-refractivity contribution is 0.0693. The van der Waals surface area contributed by atoms with Crippen LogP contribution in [-0.2, 0) is 6.54 Å². The first-order chi connectivity index (χ1) is 9.58. The van der Waals surface area contributed by atoms with Crippen LogP contribution in [0, 0.1) is 0 Å². The number of benzene rings is 2. The third-order valence-electron chi connectivity index (χ3n) is 2.80. The Balaban J connectivity index is 0.00000220. The minimum Gasteiger partial charge on any atom is -0.478 e. The van der Waals surface area contributed by atoms with Gasteiger partial charge in [-0.3, -0.25) is 0 Å². The van der Waals surface area contributed by atoms with Crippen molar-refractivity contribution in [2.24, 2.45) is 0 Å². The van der Waals surface area contributed by atoms with E-state index in [1.807, 2.05) is 44.4 Å². The van der Waals surface area contributed by atoms with Gasteiger partial charge in [-0.25, -0.2) is 4.79 Å². The van der Waals surface area contributed by atoms with Crippen molar-refractivity contribution >= 4 is 30.1 Å². The maximum Gasteiger partial charge on any atom is 0.336 e. The van der Waals surface area contributed by atoms with Crippen LogP contribution in [0.15, 0.2) is 58.3 Å². The van der Waals surface area contributed by atoms with Gasteiger partial charge in [0, 0.05) is 16.3 Å². The van der Waals surface area contributed by atoms with E-state index < -0.39 is 5.97 Å². The van der Waals surface area contributed by atoms with Gasteiger partial charge in [-0.2, -0.15) is 0 Å². The first kappa shape index (κ1) is 20.5. The van der Waals surface area contributed by atoms with Crippen LogP contribution < -0.4 is 0 Å². The number of aromatic carboxylic acids is 1. The number of nitrogens with zero attached hydrogens (tertiary/aromatic N) is 1. The van der Waals surface area contributed by atoms with E-state index in [4.69, 9.17) is 0 Å². The zero-order chi connectivity index (χ0) is 14.5. The third-order valence-corrected chi connectivity index (χ3v) is 3.99. The molecular formula is C16H20ClNO3S. The molecule has 3 N–H and O–H groups in total. The quantitative estimate of drug-likeness (QED) is 0.906. The minimum atomic E-state index is -0.891. The van der Waals surface area contributed by atoms with Crippen LogP contribution in [0.3, 0.4) is 0 Å². The summed E-state index contributed by atoms with van der Waals surface area (Å²) in [6.45, 7) is 0.832. The number of hydrogen-bond donors (Lipinski definition) is 1. The molecule has 0 aliphatic carbocycles. The van der Waals surface area contributed by atoms with Crippen molar-refractivity contribution in [1.29, 1.82) is 0 Å². The first-order valence-electron chi connectivity index (χ1n) is 6.30. The standard InChI is InChI=1S/C16H17NO2S.ClH.H2O/c1-17(2)11-12-7-3-5-9-14(12)20-15-10-6-4-8-13(15)16(18)19;;/h3-10H,11H2,1-2H3,(H,18,19);1H;1H2. The van der Waals surface area contributed by atoms with Gasteiger partial charge in [0.25, 0.3) is 0 Å². The van der Waals surface area contributed by atoms with Gasteiger partial charge in [0.1, 0.15) is 0 Å². The zero-order valence-electron chi connectivity index (χ0n) is 12.4. The van der Waals surface area contributed by atoms with Crippen molar-refractivity contribution in [3.8, 4) is 0 Å². The maximum atomic E-state index is 11.3. The third kappa shape index (κ3) is 5.35. The van der Waals surface area contributed by atoms with Crippen LogP contribution in [0.25, 0.3) is 0 Å². The fourth-order valence-electron chi connectivity index (χ4n) is 1.93. The molecule has 0 unspecified atom stereocenters. The van der Waals surface area contributed by atoms with E-state index in [-0.39, 0.29) is 17.9 Å². The van der Waals surface area contributed by atoms with Gasteiger partial charge in [0.05, 0.1) is 5.56 Å². The highest BCUT2D eigenvalue weighted by Gasteiger charge is 2.12. The molecule has 0 spiro atoms. The molecule has 0 aromatic heterocycles. The fraction of sp³-hybridized carbons (Fsp3) is 0.188. The highest BCUT2D eigenvalue weighted by molar-refractivity contribution is 7.99. The van der Waals surface area contributed by atoms with Crippen molar-refractivity contribution in [2.45, 2.75) is 16.3 Å². The second-order valence-corrected chi connectivity index (χ2v) is 5.83. The maximum absolute atomic E-state index is 11.3. The molecule has 22 heavy (non-hydrogen) atoms. The highest BCUT2D eigenvalue weighted by Crippen LogP contribution is 2.33. The van der Waals surface area contributed by atoms with Crippen LogP contribution in [0.1, 0.15) is 15.9 Å². The Bertz CT molecular complexity index is 620. The summed E-state index contributed by atoms with van der Waals surface area (Å²) < 4.78 is 0. The SMILES string of the molecule is CN(C)Cc1ccccc1Sc1ccccc1C(=O)O.Cl.O. The molecule has 2 aromatic carbocycles. The minimum absolute atomic E-state index is 0. The molecule has 6 heteroatoms. The number of carbonyl (C=O) groups is 1. The molecule has 0 saturated carbocycles. The normalized spacial score (nSPS) is 9.77. The van der Waals surface area contributed by atoms with Crippen LogP contribution in [-0.4, -0.2) is 35.5 Å². The van der Waals surface area contributed by atoms with Crippen molar-refractivity contribution < 1.29 is 15.4 Å². The number of rotatable bonds is 5. The summed E-state index contributed by atoms with van der Waals surface area (Å²) in [5.41, 5.74) is 1.54. The van der Waals surface area contributed by atoms with Crippen molar-refractivity contribution in [3.63, 3.8) is 0 Å². The lowest BCUT2D eigenvalue weighted by Gasteiger charge is -2.14. The molecule has 120 valence electrons. The molecule has 0 heterocycles. The van der Waals surface area contributed by atoms with Crippen molar-refractivity contribution in [2.75, 3.05) is 14.1 Å². The second-order valence-electron chi connectivity index (χ2n) is 4.75. The molecular weight excluding hydrogens is 322 g/mol. The van der Waals surface area contributed by atoms with Gasteiger partial charge in [0.15, 0.2) is 0 Å². The fourth-order valence-corrected chi connectivity index (χ4v) is 2.98. The number of halogens is 1. The molecule has 0 atom stereocenters. The summed E-state index contributed by atoms with van der Waals surface area (Å²) in [5.74, 6) is -0.891. The van der Waals surface area contributed by atoms with Crippen LogP contribution in [0.2, 0.25) is 0 Å². The van der Waals surface area contributed by atoms with Gasteiger partial charge >= 0.3 is 5.97 Å². The summed E-state index contributed by atoms with van der Waals surface area (Å²) in [6, 6.07) is 15.2. The predicted octanol–water partition coefficient (Wildman–Crippen LogP) is 3.19. The van der Waals surface area contributed by atoms with E-state index in [0.29, 0.717) is 5.56 Å².